The van der Waals surface area contributed by atoms with Gasteiger partial charge in [0.05, 0.1) is 10.8 Å². The van der Waals surface area contributed by atoms with Gasteiger partial charge in [-0.25, -0.2) is 13.1 Å². The SMILES string of the molecule is CCC1CCC(NS(=O)(=O)C2CCOCC2)(C(=N)N)CC1. The summed E-state index contributed by atoms with van der Waals surface area (Å²) < 4.78 is 33.2. The van der Waals surface area contributed by atoms with Gasteiger partial charge >= 0.3 is 0 Å². The van der Waals surface area contributed by atoms with Crippen LogP contribution >= 0.6 is 0 Å². The van der Waals surface area contributed by atoms with Crippen molar-refractivity contribution in [2.45, 2.75) is 62.7 Å². The normalized spacial score (nSPS) is 32.0. The highest BCUT2D eigenvalue weighted by Crippen LogP contribution is 2.35. The third-order valence-electron chi connectivity index (χ3n) is 5.00. The summed E-state index contributed by atoms with van der Waals surface area (Å²) in [5.41, 5.74) is 4.89. The predicted octanol–water partition coefficient (Wildman–Crippen LogP) is 1.36. The van der Waals surface area contributed by atoms with Gasteiger partial charge in [-0.15, -0.1) is 0 Å². The minimum absolute atomic E-state index is 0.0484. The molecule has 0 radical (unpaired) electrons. The van der Waals surface area contributed by atoms with Gasteiger partial charge in [-0.2, -0.15) is 0 Å². The number of nitrogens with one attached hydrogen (secondary N) is 2. The van der Waals surface area contributed by atoms with Crippen LogP contribution < -0.4 is 10.5 Å². The molecule has 0 aromatic heterocycles. The van der Waals surface area contributed by atoms with Crippen LogP contribution in [0.2, 0.25) is 0 Å². The molecule has 7 heteroatoms. The summed E-state index contributed by atoms with van der Waals surface area (Å²) in [5.74, 6) is 0.567. The summed E-state index contributed by atoms with van der Waals surface area (Å²) in [7, 11) is -3.46. The fourth-order valence-electron chi connectivity index (χ4n) is 3.35. The topological polar surface area (TPSA) is 105 Å². The molecule has 2 fully saturated rings. The number of amidine groups is 1. The van der Waals surface area contributed by atoms with E-state index in [2.05, 4.69) is 11.6 Å². The Morgan fingerprint density at radius 2 is 1.86 bits per heavy atom. The van der Waals surface area contributed by atoms with Crippen LogP contribution in [0.15, 0.2) is 0 Å². The van der Waals surface area contributed by atoms with Gasteiger partial charge < -0.3 is 10.5 Å². The van der Waals surface area contributed by atoms with Gasteiger partial charge in [-0.05, 0) is 44.4 Å². The number of nitrogens with two attached hydrogens (primary N) is 1. The molecule has 0 aromatic rings. The van der Waals surface area contributed by atoms with E-state index in [9.17, 15) is 8.42 Å². The second kappa shape index (κ2) is 6.62. The van der Waals surface area contributed by atoms with E-state index in [0.717, 1.165) is 19.3 Å². The summed E-state index contributed by atoms with van der Waals surface area (Å²) in [4.78, 5) is 0. The molecule has 1 saturated heterocycles. The molecule has 1 aliphatic carbocycles. The lowest BCUT2D eigenvalue weighted by Crippen LogP contribution is -2.60. The molecule has 2 rings (SSSR count). The number of hydrogen-bond donors (Lipinski definition) is 3. The Labute approximate surface area is 127 Å². The van der Waals surface area contributed by atoms with Crippen molar-refractivity contribution in [2.24, 2.45) is 11.7 Å². The van der Waals surface area contributed by atoms with E-state index < -0.39 is 20.8 Å². The molecular weight excluding hydrogens is 290 g/mol. The summed E-state index contributed by atoms with van der Waals surface area (Å²) in [6, 6.07) is 0. The molecule has 1 aliphatic heterocycles. The third-order valence-corrected chi connectivity index (χ3v) is 7.02. The maximum Gasteiger partial charge on any atom is 0.215 e. The predicted molar refractivity (Wildman–Crippen MR) is 82.8 cm³/mol. The zero-order valence-electron chi connectivity index (χ0n) is 12.7. The molecule has 122 valence electrons. The second-order valence-corrected chi connectivity index (χ2v) is 8.27. The van der Waals surface area contributed by atoms with Gasteiger partial charge in [0.2, 0.25) is 10.0 Å². The Balaban J connectivity index is 2.11. The second-order valence-electron chi connectivity index (χ2n) is 6.31. The van der Waals surface area contributed by atoms with E-state index in [-0.39, 0.29) is 5.84 Å². The molecule has 4 N–H and O–H groups in total. The van der Waals surface area contributed by atoms with Gasteiger partial charge in [0, 0.05) is 13.2 Å². The monoisotopic (exact) mass is 317 g/mol. The lowest BCUT2D eigenvalue weighted by atomic mass is 9.75. The molecule has 0 atom stereocenters. The molecule has 0 aromatic carbocycles. The zero-order valence-corrected chi connectivity index (χ0v) is 13.5. The van der Waals surface area contributed by atoms with E-state index >= 15 is 0 Å². The summed E-state index contributed by atoms with van der Waals surface area (Å²) in [6.45, 7) is 3.12. The third kappa shape index (κ3) is 3.76. The van der Waals surface area contributed by atoms with Crippen LogP contribution in [0.1, 0.15) is 51.9 Å². The van der Waals surface area contributed by atoms with Crippen molar-refractivity contribution in [3.8, 4) is 0 Å². The van der Waals surface area contributed by atoms with Crippen molar-refractivity contribution in [3.05, 3.63) is 0 Å². The van der Waals surface area contributed by atoms with E-state index in [1.807, 2.05) is 0 Å². The highest BCUT2D eigenvalue weighted by atomic mass is 32.2. The summed E-state index contributed by atoms with van der Waals surface area (Å²) in [5, 5.41) is 7.46. The van der Waals surface area contributed by atoms with Crippen LogP contribution in [0.4, 0.5) is 0 Å². The van der Waals surface area contributed by atoms with Gasteiger partial charge in [-0.3, -0.25) is 5.41 Å². The first-order valence-corrected chi connectivity index (χ1v) is 9.39. The van der Waals surface area contributed by atoms with Gasteiger partial charge in [-0.1, -0.05) is 13.3 Å². The largest absolute Gasteiger partial charge is 0.386 e. The molecule has 0 spiro atoms. The molecule has 0 amide bonds. The van der Waals surface area contributed by atoms with Gasteiger partial charge in [0.1, 0.15) is 5.84 Å². The molecule has 1 heterocycles. The maximum atomic E-state index is 12.6. The smallest absolute Gasteiger partial charge is 0.215 e. The first-order valence-electron chi connectivity index (χ1n) is 7.84. The summed E-state index contributed by atoms with van der Waals surface area (Å²) >= 11 is 0. The van der Waals surface area contributed by atoms with Crippen LogP contribution in [-0.4, -0.2) is 38.3 Å². The quantitative estimate of drug-likeness (QED) is 0.526. The Morgan fingerprint density at radius 3 is 2.33 bits per heavy atom. The minimum Gasteiger partial charge on any atom is -0.386 e. The van der Waals surface area contributed by atoms with Gasteiger partial charge in [0.15, 0.2) is 0 Å². The fourth-order valence-corrected chi connectivity index (χ4v) is 5.19. The molecule has 0 unspecified atom stereocenters. The average molecular weight is 317 g/mol. The molecule has 0 bridgehead atoms. The van der Waals surface area contributed by atoms with Crippen LogP contribution in [-0.2, 0) is 14.8 Å². The zero-order chi connectivity index (χ0) is 15.5. The van der Waals surface area contributed by atoms with Crippen molar-refractivity contribution in [1.82, 2.24) is 4.72 Å². The number of sulfonamides is 1. The van der Waals surface area contributed by atoms with E-state index in [1.165, 1.54) is 0 Å². The first-order chi connectivity index (χ1) is 9.89. The fraction of sp³-hybridized carbons (Fsp3) is 0.929. The molecule has 2 aliphatic rings. The molecule has 6 nitrogen and oxygen atoms in total. The van der Waals surface area contributed by atoms with E-state index in [4.69, 9.17) is 15.9 Å². The lowest BCUT2D eigenvalue weighted by Gasteiger charge is -2.40. The van der Waals surface area contributed by atoms with Gasteiger partial charge in [0.25, 0.3) is 0 Å². The maximum absolute atomic E-state index is 12.6. The Hall–Kier alpha value is -0.660. The molecular formula is C14H27N3O3S. The van der Waals surface area contributed by atoms with Crippen molar-refractivity contribution in [1.29, 1.82) is 5.41 Å². The number of rotatable bonds is 5. The standard InChI is InChI=1S/C14H27N3O3S/c1-2-11-3-7-14(8-4-11,13(15)16)17-21(18,19)12-5-9-20-10-6-12/h11-12,17H,2-10H2,1H3,(H3,15,16). The Bertz CT molecular complexity index is 464. The summed E-state index contributed by atoms with van der Waals surface area (Å²) in [6.07, 6.45) is 5.23. The van der Waals surface area contributed by atoms with Crippen LogP contribution in [0.3, 0.4) is 0 Å². The van der Waals surface area contributed by atoms with Crippen LogP contribution in [0, 0.1) is 11.3 Å². The minimum atomic E-state index is -3.46. The lowest BCUT2D eigenvalue weighted by molar-refractivity contribution is 0.0978. The first kappa shape index (κ1) is 16.7. The Kier molecular flexibility index (Phi) is 5.27. The van der Waals surface area contributed by atoms with Crippen LogP contribution in [0.5, 0.6) is 0 Å². The number of ether oxygens (including phenoxy) is 1. The Morgan fingerprint density at radius 1 is 1.29 bits per heavy atom. The highest BCUT2D eigenvalue weighted by Gasteiger charge is 2.43. The van der Waals surface area contributed by atoms with Crippen molar-refractivity contribution in [2.75, 3.05) is 13.2 Å². The molecule has 1 saturated carbocycles. The molecule has 21 heavy (non-hydrogen) atoms. The van der Waals surface area contributed by atoms with Crippen molar-refractivity contribution < 1.29 is 13.2 Å². The van der Waals surface area contributed by atoms with Crippen molar-refractivity contribution in [3.63, 3.8) is 0 Å². The van der Waals surface area contributed by atoms with E-state index in [0.29, 0.717) is 44.8 Å². The highest BCUT2D eigenvalue weighted by molar-refractivity contribution is 7.90. The van der Waals surface area contributed by atoms with E-state index in [1.54, 1.807) is 0 Å². The van der Waals surface area contributed by atoms with Crippen LogP contribution in [0.25, 0.3) is 0 Å². The average Bonchev–Trinajstić information content (AvgIpc) is 2.48. The van der Waals surface area contributed by atoms with Crippen molar-refractivity contribution >= 4 is 15.9 Å². The number of hydrogen-bond acceptors (Lipinski definition) is 4.